The first kappa shape index (κ1) is 16.2. The monoisotopic (exact) mass is 325 g/mol. The summed E-state index contributed by atoms with van der Waals surface area (Å²) < 4.78 is 27.0. The summed E-state index contributed by atoms with van der Waals surface area (Å²) in [5.41, 5.74) is 6.05. The highest BCUT2D eigenvalue weighted by molar-refractivity contribution is 7.91. The van der Waals surface area contributed by atoms with Crippen molar-refractivity contribution in [1.29, 1.82) is 0 Å². The summed E-state index contributed by atoms with van der Waals surface area (Å²) in [5, 5.41) is 11.2. The molecule has 1 heterocycles. The maximum Gasteiger partial charge on any atom is 0.250 e. The van der Waals surface area contributed by atoms with E-state index in [9.17, 15) is 8.42 Å². The number of nitrogens with two attached hydrogens (primary N) is 1. The van der Waals surface area contributed by atoms with Crippen LogP contribution < -0.4 is 10.5 Å². The molecular weight excluding hydrogens is 310 g/mol. The second kappa shape index (κ2) is 7.09. The van der Waals surface area contributed by atoms with Crippen LogP contribution >= 0.6 is 22.9 Å². The molecule has 9 heteroatoms. The van der Waals surface area contributed by atoms with Gasteiger partial charge in [-0.3, -0.25) is 0 Å². The number of aryl methyl sites for hydroxylation is 1. The van der Waals surface area contributed by atoms with Crippen molar-refractivity contribution in [3.05, 3.63) is 16.0 Å². The molecule has 0 saturated heterocycles. The van der Waals surface area contributed by atoms with E-state index in [-0.39, 0.29) is 10.0 Å². The van der Waals surface area contributed by atoms with Gasteiger partial charge in [0.2, 0.25) is 10.0 Å². The zero-order valence-corrected chi connectivity index (χ0v) is 12.8. The average Bonchev–Trinajstić information content (AvgIpc) is 2.69. The van der Waals surface area contributed by atoms with Crippen molar-refractivity contribution in [3.63, 3.8) is 0 Å². The summed E-state index contributed by atoms with van der Waals surface area (Å²) in [6.45, 7) is 2.06. The topological polar surface area (TPSA) is 105 Å². The number of nitrogens with zero attached hydrogens (tertiary/aromatic N) is 1. The largest absolute Gasteiger partial charge is 0.409 e. The van der Waals surface area contributed by atoms with Gasteiger partial charge in [-0.1, -0.05) is 16.8 Å². The molecule has 0 radical (unpaired) electrons. The lowest BCUT2D eigenvalue weighted by Gasteiger charge is -2.04. The Balaban J connectivity index is 2.44. The van der Waals surface area contributed by atoms with Crippen molar-refractivity contribution >= 4 is 38.8 Å². The zero-order chi connectivity index (χ0) is 14.5. The van der Waals surface area contributed by atoms with Crippen LogP contribution in [0.15, 0.2) is 15.4 Å². The lowest BCUT2D eigenvalue weighted by molar-refractivity contribution is 0.316. The number of hydrogen-bond donors (Lipinski definition) is 3. The Hall–Kier alpha value is -0.830. The highest BCUT2D eigenvalue weighted by Crippen LogP contribution is 2.29. The molecule has 1 aromatic heterocycles. The minimum Gasteiger partial charge on any atom is -0.409 e. The van der Waals surface area contributed by atoms with E-state index in [0.717, 1.165) is 16.9 Å². The Morgan fingerprint density at radius 1 is 1.58 bits per heavy atom. The number of sulfonamides is 1. The Kier molecular flexibility index (Phi) is 6.05. The lowest BCUT2D eigenvalue weighted by atomic mass is 10.2. The standard InChI is InChI=1S/C10H16ClN3O3S2/c1-7-6-9(18-10(7)11)19(16,17)13-5-3-2-4-8(12)14-15/h6,13,15H,2-5H2,1H3,(H2,12,14). The summed E-state index contributed by atoms with van der Waals surface area (Å²) in [6, 6.07) is 1.55. The van der Waals surface area contributed by atoms with Crippen LogP contribution in [0.2, 0.25) is 4.34 Å². The molecule has 0 fully saturated rings. The number of unbranched alkanes of at least 4 members (excludes halogenated alkanes) is 1. The number of oxime groups is 1. The number of rotatable bonds is 7. The summed E-state index contributed by atoms with van der Waals surface area (Å²) in [5.74, 6) is 0.142. The van der Waals surface area contributed by atoms with Crippen LogP contribution in [0.1, 0.15) is 24.8 Å². The first-order valence-electron chi connectivity index (χ1n) is 5.59. The van der Waals surface area contributed by atoms with Gasteiger partial charge in [-0.2, -0.15) is 0 Å². The third-order valence-corrected chi connectivity index (χ3v) is 5.87. The average molecular weight is 326 g/mol. The Labute approximate surface area is 121 Å². The third-order valence-electron chi connectivity index (χ3n) is 2.38. The molecule has 0 bridgehead atoms. The normalized spacial score (nSPS) is 12.8. The fraction of sp³-hybridized carbons (Fsp3) is 0.500. The lowest BCUT2D eigenvalue weighted by Crippen LogP contribution is -2.24. The molecule has 0 saturated carbocycles. The van der Waals surface area contributed by atoms with Gasteiger partial charge in [0.15, 0.2) is 0 Å². The van der Waals surface area contributed by atoms with E-state index in [1.165, 1.54) is 0 Å². The van der Waals surface area contributed by atoms with Crippen LogP contribution in [-0.2, 0) is 10.0 Å². The van der Waals surface area contributed by atoms with E-state index in [1.807, 2.05) is 0 Å². The molecule has 1 rings (SSSR count). The van der Waals surface area contributed by atoms with Crippen molar-refractivity contribution in [1.82, 2.24) is 4.72 Å². The molecule has 19 heavy (non-hydrogen) atoms. The number of thiophene rings is 1. The molecule has 0 aliphatic rings. The van der Waals surface area contributed by atoms with Crippen molar-refractivity contribution in [2.24, 2.45) is 10.9 Å². The van der Waals surface area contributed by atoms with E-state index in [1.54, 1.807) is 13.0 Å². The van der Waals surface area contributed by atoms with Gasteiger partial charge >= 0.3 is 0 Å². The van der Waals surface area contributed by atoms with E-state index >= 15 is 0 Å². The van der Waals surface area contributed by atoms with Gasteiger partial charge in [-0.05, 0) is 31.4 Å². The molecule has 4 N–H and O–H groups in total. The van der Waals surface area contributed by atoms with Gasteiger partial charge in [0.05, 0.1) is 4.34 Å². The zero-order valence-electron chi connectivity index (χ0n) is 10.4. The van der Waals surface area contributed by atoms with Crippen molar-refractivity contribution < 1.29 is 13.6 Å². The van der Waals surface area contributed by atoms with Gasteiger partial charge in [0, 0.05) is 13.0 Å². The first-order chi connectivity index (χ1) is 8.86. The van der Waals surface area contributed by atoms with Crippen molar-refractivity contribution in [2.75, 3.05) is 6.54 Å². The highest BCUT2D eigenvalue weighted by atomic mass is 35.5. The Morgan fingerprint density at radius 3 is 2.79 bits per heavy atom. The molecule has 0 amide bonds. The SMILES string of the molecule is Cc1cc(S(=O)(=O)NCCCC/C(N)=N/O)sc1Cl. The Bertz CT molecular complexity index is 535. The van der Waals surface area contributed by atoms with Crippen LogP contribution in [0.3, 0.4) is 0 Å². The van der Waals surface area contributed by atoms with Crippen molar-refractivity contribution in [2.45, 2.75) is 30.4 Å². The van der Waals surface area contributed by atoms with Gasteiger partial charge < -0.3 is 10.9 Å². The molecule has 0 aromatic carbocycles. The van der Waals surface area contributed by atoms with Crippen LogP contribution in [0, 0.1) is 6.92 Å². The van der Waals surface area contributed by atoms with Gasteiger partial charge in [-0.25, -0.2) is 13.1 Å². The molecule has 0 spiro atoms. The predicted octanol–water partition coefficient (Wildman–Crippen LogP) is 1.90. The van der Waals surface area contributed by atoms with Crippen LogP contribution in [0.25, 0.3) is 0 Å². The van der Waals surface area contributed by atoms with Crippen LogP contribution in [0.5, 0.6) is 0 Å². The van der Waals surface area contributed by atoms with E-state index in [2.05, 4.69) is 9.88 Å². The summed E-state index contributed by atoms with van der Waals surface area (Å²) in [6.07, 6.45) is 1.68. The van der Waals surface area contributed by atoms with Crippen LogP contribution in [-0.4, -0.2) is 26.0 Å². The molecule has 0 aliphatic carbocycles. The third kappa shape index (κ3) is 4.98. The number of hydrogen-bond acceptors (Lipinski definition) is 5. The summed E-state index contributed by atoms with van der Waals surface area (Å²) in [4.78, 5) is 0. The van der Waals surface area contributed by atoms with E-state index in [4.69, 9.17) is 22.5 Å². The molecule has 0 aliphatic heterocycles. The second-order valence-electron chi connectivity index (χ2n) is 3.97. The van der Waals surface area contributed by atoms with Crippen LogP contribution in [0.4, 0.5) is 0 Å². The predicted molar refractivity (Wildman–Crippen MR) is 76.5 cm³/mol. The first-order valence-corrected chi connectivity index (χ1v) is 8.26. The maximum absolute atomic E-state index is 11.9. The Morgan fingerprint density at radius 2 is 2.26 bits per heavy atom. The summed E-state index contributed by atoms with van der Waals surface area (Å²) in [7, 11) is -3.50. The molecular formula is C10H16ClN3O3S2. The highest BCUT2D eigenvalue weighted by Gasteiger charge is 2.17. The smallest absolute Gasteiger partial charge is 0.250 e. The fourth-order valence-corrected chi connectivity index (χ4v) is 4.15. The quantitative estimate of drug-likeness (QED) is 0.234. The number of nitrogens with one attached hydrogen (secondary N) is 1. The minimum atomic E-state index is -3.50. The summed E-state index contributed by atoms with van der Waals surface area (Å²) >= 11 is 6.88. The molecule has 6 nitrogen and oxygen atoms in total. The minimum absolute atomic E-state index is 0.142. The van der Waals surface area contributed by atoms with Gasteiger partial charge in [0.1, 0.15) is 10.0 Å². The van der Waals surface area contributed by atoms with Gasteiger partial charge in [-0.15, -0.1) is 11.3 Å². The fourth-order valence-electron chi connectivity index (χ4n) is 1.32. The molecule has 0 unspecified atom stereocenters. The maximum atomic E-state index is 11.9. The molecule has 108 valence electrons. The second-order valence-corrected chi connectivity index (χ2v) is 7.62. The molecule has 1 aromatic rings. The van der Waals surface area contributed by atoms with E-state index < -0.39 is 10.0 Å². The number of amidine groups is 1. The number of halogens is 1. The molecule has 0 atom stereocenters. The van der Waals surface area contributed by atoms with Gasteiger partial charge in [0.25, 0.3) is 0 Å². The van der Waals surface area contributed by atoms with E-state index in [0.29, 0.717) is 30.1 Å². The van der Waals surface area contributed by atoms with Crippen molar-refractivity contribution in [3.8, 4) is 0 Å².